The van der Waals surface area contributed by atoms with E-state index in [-0.39, 0.29) is 11.9 Å². The summed E-state index contributed by atoms with van der Waals surface area (Å²) >= 11 is 3.14. The van der Waals surface area contributed by atoms with Gasteiger partial charge in [-0.15, -0.1) is 0 Å². The fourth-order valence-corrected chi connectivity index (χ4v) is 1.45. The highest BCUT2D eigenvalue weighted by Crippen LogP contribution is 2.28. The van der Waals surface area contributed by atoms with E-state index in [4.69, 9.17) is 0 Å². The molecule has 1 aliphatic heterocycles. The Bertz CT molecular complexity index is 283. The van der Waals surface area contributed by atoms with E-state index in [9.17, 15) is 4.39 Å². The summed E-state index contributed by atoms with van der Waals surface area (Å²) < 4.78 is 13.8. The van der Waals surface area contributed by atoms with Crippen molar-refractivity contribution in [1.29, 1.82) is 0 Å². The van der Waals surface area contributed by atoms with Gasteiger partial charge in [-0.05, 0) is 22.0 Å². The highest BCUT2D eigenvalue weighted by Gasteiger charge is 2.25. The molecular formula is C8H7BrFN. The molecule has 1 saturated heterocycles. The van der Waals surface area contributed by atoms with Crippen molar-refractivity contribution in [3.63, 3.8) is 0 Å². The SMILES string of the molecule is Fc1c(Br)cccc1C1CN1. The van der Waals surface area contributed by atoms with Gasteiger partial charge in [0.2, 0.25) is 0 Å². The summed E-state index contributed by atoms with van der Waals surface area (Å²) in [6, 6.07) is 5.61. The third-order valence-electron chi connectivity index (χ3n) is 1.77. The monoisotopic (exact) mass is 215 g/mol. The quantitative estimate of drug-likeness (QED) is 0.714. The minimum Gasteiger partial charge on any atom is -0.307 e. The van der Waals surface area contributed by atoms with Crippen molar-refractivity contribution in [2.75, 3.05) is 6.54 Å². The van der Waals surface area contributed by atoms with Crippen LogP contribution in [0.2, 0.25) is 0 Å². The van der Waals surface area contributed by atoms with Crippen LogP contribution in [-0.2, 0) is 0 Å². The van der Waals surface area contributed by atoms with E-state index < -0.39 is 0 Å². The molecule has 1 aromatic rings. The molecule has 1 nitrogen and oxygen atoms in total. The van der Waals surface area contributed by atoms with Crippen molar-refractivity contribution in [1.82, 2.24) is 5.32 Å². The zero-order chi connectivity index (χ0) is 7.84. The van der Waals surface area contributed by atoms with Crippen LogP contribution in [0.5, 0.6) is 0 Å². The number of benzene rings is 1. The lowest BCUT2D eigenvalue weighted by molar-refractivity contribution is 0.603. The van der Waals surface area contributed by atoms with E-state index in [0.717, 1.165) is 12.1 Å². The van der Waals surface area contributed by atoms with Gasteiger partial charge < -0.3 is 5.32 Å². The molecule has 0 bridgehead atoms. The Morgan fingerprint density at radius 1 is 1.55 bits per heavy atom. The van der Waals surface area contributed by atoms with Gasteiger partial charge in [0.05, 0.1) is 4.47 Å². The fraction of sp³-hybridized carbons (Fsp3) is 0.250. The third kappa shape index (κ3) is 1.30. The highest BCUT2D eigenvalue weighted by molar-refractivity contribution is 9.10. The molecule has 1 fully saturated rings. The van der Waals surface area contributed by atoms with Crippen LogP contribution in [0.3, 0.4) is 0 Å². The molecule has 0 amide bonds. The van der Waals surface area contributed by atoms with E-state index in [1.165, 1.54) is 0 Å². The molecule has 0 saturated carbocycles. The molecule has 3 heteroatoms. The lowest BCUT2D eigenvalue weighted by atomic mass is 10.1. The number of hydrogen-bond acceptors (Lipinski definition) is 1. The van der Waals surface area contributed by atoms with Gasteiger partial charge in [0.25, 0.3) is 0 Å². The fourth-order valence-electron chi connectivity index (χ4n) is 1.07. The van der Waals surface area contributed by atoms with Crippen molar-refractivity contribution in [2.24, 2.45) is 0 Å². The lowest BCUT2D eigenvalue weighted by Crippen LogP contribution is -1.90. The standard InChI is InChI=1S/C8H7BrFN/c9-6-3-1-2-5(8(6)10)7-4-11-7/h1-3,7,11H,4H2. The Morgan fingerprint density at radius 2 is 2.27 bits per heavy atom. The largest absolute Gasteiger partial charge is 0.307 e. The molecule has 58 valence electrons. The van der Waals surface area contributed by atoms with Crippen LogP contribution in [0.25, 0.3) is 0 Å². The molecule has 11 heavy (non-hydrogen) atoms. The summed E-state index contributed by atoms with van der Waals surface area (Å²) in [4.78, 5) is 0. The highest BCUT2D eigenvalue weighted by atomic mass is 79.9. The average molecular weight is 216 g/mol. The molecule has 0 radical (unpaired) electrons. The van der Waals surface area contributed by atoms with Gasteiger partial charge in [-0.2, -0.15) is 0 Å². The van der Waals surface area contributed by atoms with Crippen LogP contribution in [-0.4, -0.2) is 6.54 Å². The van der Waals surface area contributed by atoms with Gasteiger partial charge in [0.1, 0.15) is 5.82 Å². The second kappa shape index (κ2) is 2.57. The smallest absolute Gasteiger partial charge is 0.142 e. The van der Waals surface area contributed by atoms with E-state index >= 15 is 0 Å². The van der Waals surface area contributed by atoms with E-state index in [0.29, 0.717) is 4.47 Å². The molecule has 1 aromatic carbocycles. The van der Waals surface area contributed by atoms with Crippen LogP contribution in [0.4, 0.5) is 4.39 Å². The van der Waals surface area contributed by atoms with Gasteiger partial charge in [0.15, 0.2) is 0 Å². The second-order valence-corrected chi connectivity index (χ2v) is 3.46. The van der Waals surface area contributed by atoms with Crippen LogP contribution in [0, 0.1) is 5.82 Å². The number of nitrogens with one attached hydrogen (secondary N) is 1. The maximum absolute atomic E-state index is 13.2. The molecule has 0 spiro atoms. The molecule has 1 N–H and O–H groups in total. The first kappa shape index (κ1) is 7.25. The molecule has 0 aromatic heterocycles. The summed E-state index contributed by atoms with van der Waals surface area (Å²) in [5.74, 6) is -0.137. The van der Waals surface area contributed by atoms with Crippen molar-refractivity contribution in [2.45, 2.75) is 6.04 Å². The zero-order valence-electron chi connectivity index (χ0n) is 5.77. The predicted molar refractivity (Wildman–Crippen MR) is 44.8 cm³/mol. The Balaban J connectivity index is 2.45. The summed E-state index contributed by atoms with van der Waals surface area (Å²) in [6.45, 7) is 0.896. The van der Waals surface area contributed by atoms with Gasteiger partial charge in [-0.1, -0.05) is 12.1 Å². The first-order chi connectivity index (χ1) is 5.29. The Hall–Kier alpha value is -0.410. The molecule has 1 atom stereocenters. The third-order valence-corrected chi connectivity index (χ3v) is 2.38. The molecule has 1 heterocycles. The van der Waals surface area contributed by atoms with Crippen molar-refractivity contribution in [3.05, 3.63) is 34.1 Å². The van der Waals surface area contributed by atoms with Gasteiger partial charge in [-0.25, -0.2) is 4.39 Å². The normalized spacial score (nSPS) is 21.8. The van der Waals surface area contributed by atoms with E-state index in [1.54, 1.807) is 6.07 Å². The molecule has 1 unspecified atom stereocenters. The molecular weight excluding hydrogens is 209 g/mol. The maximum Gasteiger partial charge on any atom is 0.142 e. The summed E-state index contributed by atoms with van der Waals surface area (Å²) in [5, 5.41) is 3.06. The predicted octanol–water partition coefficient (Wildman–Crippen LogP) is 2.23. The second-order valence-electron chi connectivity index (χ2n) is 2.60. The van der Waals surface area contributed by atoms with E-state index in [1.807, 2.05) is 12.1 Å². The number of hydrogen-bond donors (Lipinski definition) is 1. The van der Waals surface area contributed by atoms with Crippen molar-refractivity contribution < 1.29 is 4.39 Å². The Morgan fingerprint density at radius 3 is 2.91 bits per heavy atom. The summed E-state index contributed by atoms with van der Waals surface area (Å²) in [5.41, 5.74) is 0.763. The van der Waals surface area contributed by atoms with Gasteiger partial charge in [-0.3, -0.25) is 0 Å². The zero-order valence-corrected chi connectivity index (χ0v) is 7.36. The summed E-state index contributed by atoms with van der Waals surface area (Å²) in [7, 11) is 0. The van der Waals surface area contributed by atoms with Crippen LogP contribution >= 0.6 is 15.9 Å². The molecule has 2 rings (SSSR count). The van der Waals surface area contributed by atoms with Crippen LogP contribution in [0.15, 0.2) is 22.7 Å². The number of rotatable bonds is 1. The minimum atomic E-state index is -0.137. The Labute approximate surface area is 72.7 Å². The van der Waals surface area contributed by atoms with E-state index in [2.05, 4.69) is 21.2 Å². The minimum absolute atomic E-state index is 0.137. The topological polar surface area (TPSA) is 21.9 Å². The molecule has 1 aliphatic rings. The van der Waals surface area contributed by atoms with Gasteiger partial charge in [0, 0.05) is 18.2 Å². The summed E-state index contributed by atoms with van der Waals surface area (Å²) in [6.07, 6.45) is 0. The first-order valence-electron chi connectivity index (χ1n) is 3.46. The maximum atomic E-state index is 13.2. The van der Waals surface area contributed by atoms with Gasteiger partial charge >= 0.3 is 0 Å². The molecule has 0 aliphatic carbocycles. The van der Waals surface area contributed by atoms with Crippen LogP contribution in [0.1, 0.15) is 11.6 Å². The van der Waals surface area contributed by atoms with Crippen LogP contribution < -0.4 is 5.32 Å². The lowest BCUT2D eigenvalue weighted by Gasteiger charge is -1.99. The van der Waals surface area contributed by atoms with Crippen molar-refractivity contribution >= 4 is 15.9 Å². The number of halogens is 2. The first-order valence-corrected chi connectivity index (χ1v) is 4.25. The Kier molecular flexibility index (Phi) is 1.69. The van der Waals surface area contributed by atoms with Crippen molar-refractivity contribution in [3.8, 4) is 0 Å². The average Bonchev–Trinajstić information content (AvgIpc) is 2.77.